The standard InChI is InChI=1S/C17H28N2O/c1-4-17(13-18,10-16-8-6-5-7-9-16)19-11-15(3)20-12-14(19)2/h5-9,14-15H,4,10-13,18H2,1-3H3. The van der Waals surface area contributed by atoms with Crippen LogP contribution in [0, 0.1) is 0 Å². The molecule has 0 aromatic heterocycles. The van der Waals surface area contributed by atoms with Crippen molar-refractivity contribution < 1.29 is 4.74 Å². The number of nitrogens with two attached hydrogens (primary N) is 1. The van der Waals surface area contributed by atoms with Gasteiger partial charge in [-0.15, -0.1) is 0 Å². The summed E-state index contributed by atoms with van der Waals surface area (Å²) in [5.41, 5.74) is 7.63. The van der Waals surface area contributed by atoms with Crippen molar-refractivity contribution in [3.05, 3.63) is 35.9 Å². The van der Waals surface area contributed by atoms with Gasteiger partial charge in [-0.25, -0.2) is 0 Å². The molecule has 2 rings (SSSR count). The van der Waals surface area contributed by atoms with Crippen LogP contribution in [0.3, 0.4) is 0 Å². The third kappa shape index (κ3) is 3.22. The number of benzene rings is 1. The second-order valence-corrected chi connectivity index (χ2v) is 6.09. The lowest BCUT2D eigenvalue weighted by Gasteiger charge is -2.50. The molecule has 0 spiro atoms. The maximum Gasteiger partial charge on any atom is 0.0675 e. The van der Waals surface area contributed by atoms with Crippen LogP contribution in [0.2, 0.25) is 0 Å². The van der Waals surface area contributed by atoms with Crippen LogP contribution in [-0.4, -0.2) is 42.3 Å². The Labute approximate surface area is 123 Å². The maximum absolute atomic E-state index is 6.22. The average molecular weight is 276 g/mol. The average Bonchev–Trinajstić information content (AvgIpc) is 2.49. The summed E-state index contributed by atoms with van der Waals surface area (Å²) in [6.45, 7) is 9.12. The molecule has 0 aliphatic carbocycles. The van der Waals surface area contributed by atoms with E-state index in [1.807, 2.05) is 0 Å². The Balaban J connectivity index is 2.23. The van der Waals surface area contributed by atoms with Crippen molar-refractivity contribution in [2.24, 2.45) is 5.73 Å². The molecule has 2 N–H and O–H groups in total. The molecule has 3 heteroatoms. The summed E-state index contributed by atoms with van der Waals surface area (Å²) < 4.78 is 5.77. The highest BCUT2D eigenvalue weighted by atomic mass is 16.5. The van der Waals surface area contributed by atoms with Crippen molar-refractivity contribution in [1.82, 2.24) is 4.90 Å². The zero-order valence-electron chi connectivity index (χ0n) is 13.0. The Morgan fingerprint density at radius 3 is 2.60 bits per heavy atom. The number of morpholine rings is 1. The molecule has 1 aliphatic rings. The lowest BCUT2D eigenvalue weighted by molar-refractivity contribution is -0.0937. The third-order valence-electron chi connectivity index (χ3n) is 4.63. The Bertz CT molecular complexity index is 403. The van der Waals surface area contributed by atoms with Gasteiger partial charge in [-0.05, 0) is 32.3 Å². The molecule has 1 aromatic carbocycles. The number of ether oxygens (including phenoxy) is 1. The molecule has 112 valence electrons. The quantitative estimate of drug-likeness (QED) is 0.898. The van der Waals surface area contributed by atoms with Crippen molar-refractivity contribution in [3.8, 4) is 0 Å². The molecule has 1 saturated heterocycles. The predicted molar refractivity (Wildman–Crippen MR) is 83.8 cm³/mol. The fraction of sp³-hybridized carbons (Fsp3) is 0.647. The maximum atomic E-state index is 6.22. The van der Waals surface area contributed by atoms with Crippen molar-refractivity contribution in [1.29, 1.82) is 0 Å². The predicted octanol–water partition coefficient (Wildman–Crippen LogP) is 2.45. The Morgan fingerprint density at radius 1 is 1.30 bits per heavy atom. The van der Waals surface area contributed by atoms with Gasteiger partial charge in [0.25, 0.3) is 0 Å². The number of hydrogen-bond donors (Lipinski definition) is 1. The molecule has 0 radical (unpaired) electrons. The first-order valence-corrected chi connectivity index (χ1v) is 7.73. The minimum Gasteiger partial charge on any atom is -0.376 e. The van der Waals surface area contributed by atoms with E-state index in [4.69, 9.17) is 10.5 Å². The lowest BCUT2D eigenvalue weighted by atomic mass is 9.84. The summed E-state index contributed by atoms with van der Waals surface area (Å²) in [5.74, 6) is 0. The molecule has 1 aliphatic heterocycles. The Kier molecular flexibility index (Phi) is 5.19. The molecule has 0 bridgehead atoms. The van der Waals surface area contributed by atoms with Crippen LogP contribution in [0.5, 0.6) is 0 Å². The van der Waals surface area contributed by atoms with E-state index in [0.29, 0.717) is 18.7 Å². The molecule has 3 nitrogen and oxygen atoms in total. The molecule has 1 heterocycles. The van der Waals surface area contributed by atoms with E-state index in [2.05, 4.69) is 56.0 Å². The second-order valence-electron chi connectivity index (χ2n) is 6.09. The molecular weight excluding hydrogens is 248 g/mol. The van der Waals surface area contributed by atoms with Gasteiger partial charge in [-0.3, -0.25) is 4.90 Å². The van der Waals surface area contributed by atoms with Crippen LogP contribution in [0.15, 0.2) is 30.3 Å². The van der Waals surface area contributed by atoms with Crippen molar-refractivity contribution in [2.45, 2.75) is 51.3 Å². The molecule has 1 aromatic rings. The van der Waals surface area contributed by atoms with E-state index in [1.54, 1.807) is 0 Å². The molecule has 20 heavy (non-hydrogen) atoms. The van der Waals surface area contributed by atoms with Gasteiger partial charge < -0.3 is 10.5 Å². The van der Waals surface area contributed by atoms with Gasteiger partial charge in [0.2, 0.25) is 0 Å². The SMILES string of the molecule is CCC(CN)(Cc1ccccc1)N1CC(C)OCC1C. The van der Waals surface area contributed by atoms with Crippen molar-refractivity contribution in [3.63, 3.8) is 0 Å². The van der Waals surface area contributed by atoms with Crippen LogP contribution in [0.25, 0.3) is 0 Å². The monoisotopic (exact) mass is 276 g/mol. The van der Waals surface area contributed by atoms with Gasteiger partial charge in [0.05, 0.1) is 12.7 Å². The van der Waals surface area contributed by atoms with E-state index in [1.165, 1.54) is 5.56 Å². The van der Waals surface area contributed by atoms with Gasteiger partial charge in [0.1, 0.15) is 0 Å². The highest BCUT2D eigenvalue weighted by molar-refractivity contribution is 5.19. The van der Waals surface area contributed by atoms with Gasteiger partial charge in [-0.2, -0.15) is 0 Å². The summed E-state index contributed by atoms with van der Waals surface area (Å²) in [5, 5.41) is 0. The summed E-state index contributed by atoms with van der Waals surface area (Å²) in [4.78, 5) is 2.58. The van der Waals surface area contributed by atoms with Crippen LogP contribution in [-0.2, 0) is 11.2 Å². The molecule has 3 atom stereocenters. The van der Waals surface area contributed by atoms with Crippen LogP contribution >= 0.6 is 0 Å². The van der Waals surface area contributed by atoms with E-state index in [9.17, 15) is 0 Å². The van der Waals surface area contributed by atoms with Gasteiger partial charge in [-0.1, -0.05) is 37.3 Å². The molecule has 0 amide bonds. The van der Waals surface area contributed by atoms with Gasteiger partial charge >= 0.3 is 0 Å². The first-order chi connectivity index (χ1) is 9.61. The molecular formula is C17H28N2O. The van der Waals surface area contributed by atoms with Crippen LogP contribution in [0.4, 0.5) is 0 Å². The zero-order chi connectivity index (χ0) is 14.6. The molecule has 3 unspecified atom stereocenters. The van der Waals surface area contributed by atoms with Crippen molar-refractivity contribution in [2.75, 3.05) is 19.7 Å². The van der Waals surface area contributed by atoms with Crippen LogP contribution in [0.1, 0.15) is 32.8 Å². The fourth-order valence-corrected chi connectivity index (χ4v) is 3.30. The largest absolute Gasteiger partial charge is 0.376 e. The number of nitrogens with zero attached hydrogens (tertiary/aromatic N) is 1. The third-order valence-corrected chi connectivity index (χ3v) is 4.63. The normalized spacial score (nSPS) is 27.2. The van der Waals surface area contributed by atoms with E-state index in [-0.39, 0.29) is 5.54 Å². The molecule has 0 saturated carbocycles. The highest BCUT2D eigenvalue weighted by Gasteiger charge is 2.39. The smallest absolute Gasteiger partial charge is 0.0675 e. The van der Waals surface area contributed by atoms with E-state index in [0.717, 1.165) is 26.0 Å². The highest BCUT2D eigenvalue weighted by Crippen LogP contribution is 2.29. The Hall–Kier alpha value is -0.900. The first kappa shape index (κ1) is 15.5. The number of hydrogen-bond acceptors (Lipinski definition) is 3. The Morgan fingerprint density at radius 2 is 2.00 bits per heavy atom. The fourth-order valence-electron chi connectivity index (χ4n) is 3.30. The lowest BCUT2D eigenvalue weighted by Crippen LogP contribution is -2.63. The minimum absolute atomic E-state index is 0.0405. The van der Waals surface area contributed by atoms with Gasteiger partial charge in [0, 0.05) is 24.7 Å². The summed E-state index contributed by atoms with van der Waals surface area (Å²) >= 11 is 0. The summed E-state index contributed by atoms with van der Waals surface area (Å²) in [6, 6.07) is 11.1. The van der Waals surface area contributed by atoms with Gasteiger partial charge in [0.15, 0.2) is 0 Å². The zero-order valence-corrected chi connectivity index (χ0v) is 13.0. The van der Waals surface area contributed by atoms with Crippen LogP contribution < -0.4 is 5.73 Å². The second kappa shape index (κ2) is 6.70. The number of rotatable bonds is 5. The van der Waals surface area contributed by atoms with E-state index < -0.39 is 0 Å². The summed E-state index contributed by atoms with van der Waals surface area (Å²) in [7, 11) is 0. The summed E-state index contributed by atoms with van der Waals surface area (Å²) in [6.07, 6.45) is 2.37. The van der Waals surface area contributed by atoms with Crippen molar-refractivity contribution >= 4 is 0 Å². The van der Waals surface area contributed by atoms with E-state index >= 15 is 0 Å². The molecule has 1 fully saturated rings. The topological polar surface area (TPSA) is 38.5 Å². The first-order valence-electron chi connectivity index (χ1n) is 7.73. The minimum atomic E-state index is 0.0405.